The zero-order chi connectivity index (χ0) is 23.9. The molecule has 1 aromatic carbocycles. The van der Waals surface area contributed by atoms with E-state index in [2.05, 4.69) is 43.1 Å². The van der Waals surface area contributed by atoms with E-state index < -0.39 is 5.60 Å². The third-order valence-corrected chi connectivity index (χ3v) is 5.58. The second kappa shape index (κ2) is 8.42. The van der Waals surface area contributed by atoms with Crippen molar-refractivity contribution in [2.45, 2.75) is 46.4 Å². The standard InChI is InChI=1S/C25H27N7O2/c1-16-5-6-18(24-29-17(2)34-30-24)9-22(16)26-11-21-12-27-23-8-7-19(14-32(21)23)20-10-28-31(13-20)15-25(3,4)33/h5-10,12-14,26,33H,11,15H2,1-4H3. The number of aryl methyl sites for hydroxylation is 2. The molecule has 0 saturated carbocycles. The first kappa shape index (κ1) is 21.8. The van der Waals surface area contributed by atoms with Crippen molar-refractivity contribution < 1.29 is 9.63 Å². The zero-order valence-electron chi connectivity index (χ0n) is 19.6. The maximum Gasteiger partial charge on any atom is 0.223 e. The Morgan fingerprint density at radius 2 is 1.85 bits per heavy atom. The van der Waals surface area contributed by atoms with Crippen molar-refractivity contribution in [3.05, 3.63) is 72.3 Å². The molecule has 4 aromatic heterocycles. The van der Waals surface area contributed by atoms with Crippen LogP contribution in [0.2, 0.25) is 0 Å². The molecule has 0 unspecified atom stereocenters. The van der Waals surface area contributed by atoms with Gasteiger partial charge in [-0.05, 0) is 44.5 Å². The van der Waals surface area contributed by atoms with E-state index in [4.69, 9.17) is 4.52 Å². The molecule has 5 rings (SSSR count). The molecule has 2 N–H and O–H groups in total. The minimum Gasteiger partial charge on any atom is -0.389 e. The minimum absolute atomic E-state index is 0.428. The Labute approximate surface area is 197 Å². The van der Waals surface area contributed by atoms with E-state index in [9.17, 15) is 5.11 Å². The molecule has 0 saturated heterocycles. The van der Waals surface area contributed by atoms with E-state index in [1.54, 1.807) is 25.5 Å². The molecule has 0 spiro atoms. The van der Waals surface area contributed by atoms with Crippen molar-refractivity contribution in [3.63, 3.8) is 0 Å². The van der Waals surface area contributed by atoms with Crippen LogP contribution in [0.5, 0.6) is 0 Å². The molecule has 4 heterocycles. The van der Waals surface area contributed by atoms with Gasteiger partial charge in [-0.1, -0.05) is 17.3 Å². The van der Waals surface area contributed by atoms with Gasteiger partial charge in [0.25, 0.3) is 0 Å². The SMILES string of the molecule is Cc1nc(-c2ccc(C)c(NCc3cnc4ccc(-c5cnn(CC(C)(C)O)c5)cn34)c2)no1. The third kappa shape index (κ3) is 4.55. The van der Waals surface area contributed by atoms with Crippen molar-refractivity contribution in [1.29, 1.82) is 0 Å². The molecule has 174 valence electrons. The number of imidazole rings is 1. The first-order valence-corrected chi connectivity index (χ1v) is 11.1. The maximum atomic E-state index is 10.1. The monoisotopic (exact) mass is 457 g/mol. The molecule has 0 atom stereocenters. The van der Waals surface area contributed by atoms with Gasteiger partial charge in [-0.25, -0.2) is 4.98 Å². The van der Waals surface area contributed by atoms with E-state index in [-0.39, 0.29) is 0 Å². The summed E-state index contributed by atoms with van der Waals surface area (Å²) >= 11 is 0. The van der Waals surface area contributed by atoms with Gasteiger partial charge < -0.3 is 19.3 Å². The number of rotatable bonds is 7. The first-order valence-electron chi connectivity index (χ1n) is 11.1. The number of aromatic nitrogens is 6. The first-order chi connectivity index (χ1) is 16.2. The highest BCUT2D eigenvalue weighted by Gasteiger charge is 2.15. The van der Waals surface area contributed by atoms with Crippen molar-refractivity contribution in [1.82, 2.24) is 29.3 Å². The lowest BCUT2D eigenvalue weighted by atomic mass is 10.1. The van der Waals surface area contributed by atoms with Crippen LogP contribution >= 0.6 is 0 Å². The summed E-state index contributed by atoms with van der Waals surface area (Å²) in [5, 5.41) is 22.0. The Kier molecular flexibility index (Phi) is 5.41. The molecular formula is C25H27N7O2. The summed E-state index contributed by atoms with van der Waals surface area (Å²) in [4.78, 5) is 8.87. The lowest BCUT2D eigenvalue weighted by Crippen LogP contribution is -2.26. The van der Waals surface area contributed by atoms with E-state index in [0.29, 0.717) is 24.8 Å². The summed E-state index contributed by atoms with van der Waals surface area (Å²) in [6.45, 7) is 8.40. The third-order valence-electron chi connectivity index (χ3n) is 5.58. The lowest BCUT2D eigenvalue weighted by molar-refractivity contribution is 0.0577. The highest BCUT2D eigenvalue weighted by atomic mass is 16.5. The second-order valence-electron chi connectivity index (χ2n) is 9.15. The van der Waals surface area contributed by atoms with Crippen LogP contribution in [0.4, 0.5) is 5.69 Å². The Balaban J connectivity index is 1.38. The molecule has 0 aliphatic heterocycles. The van der Waals surface area contributed by atoms with Crippen molar-refractivity contribution in [3.8, 4) is 22.5 Å². The Bertz CT molecular complexity index is 1460. The number of pyridine rings is 1. The van der Waals surface area contributed by atoms with Gasteiger partial charge in [-0.3, -0.25) is 4.68 Å². The Hall–Kier alpha value is -3.98. The molecule has 9 heteroatoms. The van der Waals surface area contributed by atoms with Gasteiger partial charge in [-0.15, -0.1) is 0 Å². The normalized spacial score (nSPS) is 11.9. The maximum absolute atomic E-state index is 10.1. The number of benzene rings is 1. The number of hydrogen-bond acceptors (Lipinski definition) is 7. The average molecular weight is 458 g/mol. The summed E-state index contributed by atoms with van der Waals surface area (Å²) in [5.74, 6) is 1.11. The number of nitrogens with one attached hydrogen (secondary N) is 1. The topological polar surface area (TPSA) is 106 Å². The van der Waals surface area contributed by atoms with Gasteiger partial charge in [0, 0.05) is 41.7 Å². The van der Waals surface area contributed by atoms with Crippen LogP contribution in [0, 0.1) is 13.8 Å². The van der Waals surface area contributed by atoms with Crippen molar-refractivity contribution in [2.75, 3.05) is 5.32 Å². The fraction of sp³-hybridized carbons (Fsp3) is 0.280. The summed E-state index contributed by atoms with van der Waals surface area (Å²) in [5.41, 5.74) is 6.11. The lowest BCUT2D eigenvalue weighted by Gasteiger charge is -2.16. The van der Waals surface area contributed by atoms with E-state index in [0.717, 1.165) is 39.3 Å². The van der Waals surface area contributed by atoms with Gasteiger partial charge in [0.15, 0.2) is 0 Å². The average Bonchev–Trinajstić information content (AvgIpc) is 3.52. The van der Waals surface area contributed by atoms with Gasteiger partial charge in [-0.2, -0.15) is 10.1 Å². The molecule has 0 aliphatic carbocycles. The molecule has 0 radical (unpaired) electrons. The van der Waals surface area contributed by atoms with Gasteiger partial charge in [0.05, 0.1) is 36.8 Å². The smallest absolute Gasteiger partial charge is 0.223 e. The predicted molar refractivity (Wildman–Crippen MR) is 129 cm³/mol. The number of aliphatic hydroxyl groups is 1. The number of fused-ring (bicyclic) bond motifs is 1. The fourth-order valence-electron chi connectivity index (χ4n) is 3.88. The molecule has 9 nitrogen and oxygen atoms in total. The van der Waals surface area contributed by atoms with Gasteiger partial charge >= 0.3 is 0 Å². The quantitative estimate of drug-likeness (QED) is 0.376. The molecule has 0 aliphatic rings. The fourth-order valence-corrected chi connectivity index (χ4v) is 3.88. The van der Waals surface area contributed by atoms with Crippen LogP contribution in [-0.2, 0) is 13.1 Å². The van der Waals surface area contributed by atoms with E-state index >= 15 is 0 Å². The van der Waals surface area contributed by atoms with Crippen LogP contribution in [0.1, 0.15) is 31.0 Å². The zero-order valence-corrected chi connectivity index (χ0v) is 19.6. The molecule has 0 fully saturated rings. The summed E-state index contributed by atoms with van der Waals surface area (Å²) in [6.07, 6.45) is 7.71. The largest absolute Gasteiger partial charge is 0.389 e. The van der Waals surface area contributed by atoms with Crippen LogP contribution in [0.15, 0.2) is 59.6 Å². The number of anilines is 1. The van der Waals surface area contributed by atoms with E-state index in [1.807, 2.05) is 48.9 Å². The van der Waals surface area contributed by atoms with Crippen LogP contribution < -0.4 is 5.32 Å². The van der Waals surface area contributed by atoms with Crippen LogP contribution in [-0.4, -0.2) is 40.0 Å². The van der Waals surface area contributed by atoms with Crippen LogP contribution in [0.3, 0.4) is 0 Å². The molecule has 5 aromatic rings. The number of hydrogen-bond donors (Lipinski definition) is 2. The molecule has 34 heavy (non-hydrogen) atoms. The Morgan fingerprint density at radius 3 is 2.62 bits per heavy atom. The van der Waals surface area contributed by atoms with Gasteiger partial charge in [0.1, 0.15) is 5.65 Å². The molecule has 0 bridgehead atoms. The highest BCUT2D eigenvalue weighted by Crippen LogP contribution is 2.25. The van der Waals surface area contributed by atoms with Crippen molar-refractivity contribution >= 4 is 11.3 Å². The summed E-state index contributed by atoms with van der Waals surface area (Å²) in [6, 6.07) is 10.1. The molecular weight excluding hydrogens is 430 g/mol. The predicted octanol–water partition coefficient (Wildman–Crippen LogP) is 4.25. The second-order valence-corrected chi connectivity index (χ2v) is 9.15. The minimum atomic E-state index is -0.825. The van der Waals surface area contributed by atoms with Gasteiger partial charge in [0.2, 0.25) is 11.7 Å². The van der Waals surface area contributed by atoms with Crippen LogP contribution in [0.25, 0.3) is 28.2 Å². The Morgan fingerprint density at radius 1 is 1.03 bits per heavy atom. The van der Waals surface area contributed by atoms with E-state index in [1.165, 1.54) is 0 Å². The number of nitrogens with zero attached hydrogens (tertiary/aromatic N) is 6. The summed E-state index contributed by atoms with van der Waals surface area (Å²) < 4.78 is 8.96. The summed E-state index contributed by atoms with van der Waals surface area (Å²) in [7, 11) is 0. The highest BCUT2D eigenvalue weighted by molar-refractivity contribution is 5.66. The molecule has 0 amide bonds. The van der Waals surface area contributed by atoms with Crippen molar-refractivity contribution in [2.24, 2.45) is 0 Å².